The third kappa shape index (κ3) is 4.35. The van der Waals surface area contributed by atoms with Crippen molar-refractivity contribution in [2.45, 2.75) is 45.1 Å². The number of likely N-dealkylation sites (N-methyl/N-ethyl adjacent to an activating group) is 1. The minimum atomic E-state index is 0.259. The Balaban J connectivity index is 2.34. The number of piperidine rings is 1. The summed E-state index contributed by atoms with van der Waals surface area (Å²) in [6, 6.07) is 0.501. The van der Waals surface area contributed by atoms with Crippen LogP contribution in [0, 0.1) is 0 Å². The lowest BCUT2D eigenvalue weighted by atomic mass is 10.0. The molecule has 1 N–H and O–H groups in total. The largest absolute Gasteiger partial charge is 0.341 e. The van der Waals surface area contributed by atoms with E-state index in [9.17, 15) is 4.79 Å². The molecule has 1 atom stereocenters. The minimum absolute atomic E-state index is 0.259. The van der Waals surface area contributed by atoms with Gasteiger partial charge in [-0.2, -0.15) is 0 Å². The number of hydrogen-bond acceptors (Lipinski definition) is 2. The van der Waals surface area contributed by atoms with Gasteiger partial charge in [-0.05, 0) is 32.7 Å². The molecular formula is C13H24N2O. The molecule has 0 aliphatic carbocycles. The quantitative estimate of drug-likeness (QED) is 0.699. The number of amides is 1. The predicted octanol–water partition coefficient (Wildman–Crippen LogP) is 1.94. The van der Waals surface area contributed by atoms with Crippen molar-refractivity contribution < 1.29 is 4.79 Å². The first-order valence-electron chi connectivity index (χ1n) is 6.40. The van der Waals surface area contributed by atoms with Crippen LogP contribution < -0.4 is 5.32 Å². The second kappa shape index (κ2) is 7.44. The number of rotatable bonds is 6. The summed E-state index contributed by atoms with van der Waals surface area (Å²) in [6.45, 7) is 8.48. The second-order valence-corrected chi connectivity index (χ2v) is 4.41. The lowest BCUT2D eigenvalue weighted by Crippen LogP contribution is -2.45. The van der Waals surface area contributed by atoms with Crippen molar-refractivity contribution in [1.29, 1.82) is 0 Å². The van der Waals surface area contributed by atoms with Gasteiger partial charge in [0.25, 0.3) is 0 Å². The van der Waals surface area contributed by atoms with Gasteiger partial charge in [0.1, 0.15) is 0 Å². The van der Waals surface area contributed by atoms with Crippen molar-refractivity contribution in [3.05, 3.63) is 12.7 Å². The first-order valence-corrected chi connectivity index (χ1v) is 6.40. The average Bonchev–Trinajstić information content (AvgIpc) is 2.34. The third-order valence-electron chi connectivity index (χ3n) is 3.15. The SMILES string of the molecule is C=CCCC(=O)N(CC)CC1CCCCN1. The third-order valence-corrected chi connectivity index (χ3v) is 3.15. The molecule has 0 aromatic rings. The zero-order valence-corrected chi connectivity index (χ0v) is 10.4. The molecule has 16 heavy (non-hydrogen) atoms. The maximum absolute atomic E-state index is 11.9. The van der Waals surface area contributed by atoms with Gasteiger partial charge in [0.05, 0.1) is 0 Å². The number of nitrogens with one attached hydrogen (secondary N) is 1. The fraction of sp³-hybridized carbons (Fsp3) is 0.769. The maximum atomic E-state index is 11.9. The Morgan fingerprint density at radius 1 is 1.56 bits per heavy atom. The van der Waals surface area contributed by atoms with Crippen LogP contribution in [0.15, 0.2) is 12.7 Å². The summed E-state index contributed by atoms with van der Waals surface area (Å²) in [5.74, 6) is 0.259. The van der Waals surface area contributed by atoms with Crippen molar-refractivity contribution in [1.82, 2.24) is 10.2 Å². The normalized spacial score (nSPS) is 20.4. The zero-order valence-electron chi connectivity index (χ0n) is 10.4. The predicted molar refractivity (Wildman–Crippen MR) is 67.3 cm³/mol. The van der Waals surface area contributed by atoms with Gasteiger partial charge < -0.3 is 10.2 Å². The van der Waals surface area contributed by atoms with Gasteiger partial charge in [0.2, 0.25) is 5.91 Å². The lowest BCUT2D eigenvalue weighted by molar-refractivity contribution is -0.131. The topological polar surface area (TPSA) is 32.3 Å². The van der Waals surface area contributed by atoms with Gasteiger partial charge in [0.15, 0.2) is 0 Å². The van der Waals surface area contributed by atoms with E-state index in [1.807, 2.05) is 11.0 Å². The van der Waals surface area contributed by atoms with E-state index < -0.39 is 0 Å². The molecule has 1 unspecified atom stereocenters. The van der Waals surface area contributed by atoms with Crippen LogP contribution in [0.25, 0.3) is 0 Å². The number of nitrogens with zero attached hydrogens (tertiary/aromatic N) is 1. The van der Waals surface area contributed by atoms with Crippen LogP contribution in [0.4, 0.5) is 0 Å². The lowest BCUT2D eigenvalue weighted by Gasteiger charge is -2.30. The van der Waals surface area contributed by atoms with Crippen LogP contribution in [-0.2, 0) is 4.79 Å². The molecular weight excluding hydrogens is 200 g/mol. The van der Waals surface area contributed by atoms with Crippen LogP contribution in [0.1, 0.15) is 39.0 Å². The van der Waals surface area contributed by atoms with Gasteiger partial charge in [-0.15, -0.1) is 6.58 Å². The summed E-state index contributed by atoms with van der Waals surface area (Å²) in [5, 5.41) is 3.48. The van der Waals surface area contributed by atoms with Crippen molar-refractivity contribution in [2.75, 3.05) is 19.6 Å². The van der Waals surface area contributed by atoms with E-state index in [1.54, 1.807) is 0 Å². The fourth-order valence-corrected chi connectivity index (χ4v) is 2.14. The summed E-state index contributed by atoms with van der Waals surface area (Å²) in [6.07, 6.45) is 6.95. The van der Waals surface area contributed by atoms with Gasteiger partial charge >= 0.3 is 0 Å². The fourth-order valence-electron chi connectivity index (χ4n) is 2.14. The first kappa shape index (κ1) is 13.2. The minimum Gasteiger partial charge on any atom is -0.341 e. The van der Waals surface area contributed by atoms with E-state index in [0.717, 1.165) is 26.1 Å². The Morgan fingerprint density at radius 2 is 2.38 bits per heavy atom. The Bertz CT molecular complexity index is 222. The van der Waals surface area contributed by atoms with Crippen molar-refractivity contribution in [3.8, 4) is 0 Å². The summed E-state index contributed by atoms with van der Waals surface area (Å²) in [7, 11) is 0. The molecule has 0 aromatic heterocycles. The molecule has 1 amide bonds. The number of hydrogen-bond donors (Lipinski definition) is 1. The van der Waals surface area contributed by atoms with E-state index in [0.29, 0.717) is 12.5 Å². The highest BCUT2D eigenvalue weighted by Crippen LogP contribution is 2.09. The molecule has 0 aromatic carbocycles. The number of carbonyl (C=O) groups excluding carboxylic acids is 1. The molecule has 1 aliphatic rings. The van der Waals surface area contributed by atoms with E-state index in [4.69, 9.17) is 0 Å². The second-order valence-electron chi connectivity index (χ2n) is 4.41. The molecule has 1 saturated heterocycles. The van der Waals surface area contributed by atoms with Crippen LogP contribution >= 0.6 is 0 Å². The molecule has 0 radical (unpaired) electrons. The summed E-state index contributed by atoms with van der Waals surface area (Å²) >= 11 is 0. The average molecular weight is 224 g/mol. The van der Waals surface area contributed by atoms with Gasteiger partial charge in [-0.3, -0.25) is 4.79 Å². The smallest absolute Gasteiger partial charge is 0.222 e. The first-order chi connectivity index (χ1) is 7.77. The molecule has 1 rings (SSSR count). The Hall–Kier alpha value is -0.830. The van der Waals surface area contributed by atoms with Crippen molar-refractivity contribution >= 4 is 5.91 Å². The van der Waals surface area contributed by atoms with Crippen LogP contribution in [0.3, 0.4) is 0 Å². The van der Waals surface area contributed by atoms with Crippen molar-refractivity contribution in [3.63, 3.8) is 0 Å². The molecule has 0 bridgehead atoms. The maximum Gasteiger partial charge on any atom is 0.222 e. The van der Waals surface area contributed by atoms with E-state index in [-0.39, 0.29) is 5.91 Å². The molecule has 1 heterocycles. The Morgan fingerprint density at radius 3 is 2.94 bits per heavy atom. The zero-order chi connectivity index (χ0) is 11.8. The number of allylic oxidation sites excluding steroid dienone is 1. The molecule has 92 valence electrons. The molecule has 0 spiro atoms. The van der Waals surface area contributed by atoms with Crippen LogP contribution in [0.5, 0.6) is 0 Å². The molecule has 0 saturated carbocycles. The molecule has 1 fully saturated rings. The van der Waals surface area contributed by atoms with E-state index in [1.165, 1.54) is 19.3 Å². The summed E-state index contributed by atoms with van der Waals surface area (Å²) < 4.78 is 0. The Kier molecular flexibility index (Phi) is 6.16. The molecule has 3 nitrogen and oxygen atoms in total. The van der Waals surface area contributed by atoms with E-state index in [2.05, 4.69) is 18.8 Å². The summed E-state index contributed by atoms with van der Waals surface area (Å²) in [4.78, 5) is 13.8. The van der Waals surface area contributed by atoms with E-state index >= 15 is 0 Å². The standard InChI is InChI=1S/C13H24N2O/c1-3-5-9-13(16)15(4-2)11-12-8-6-7-10-14-12/h3,12,14H,1,4-11H2,2H3. The molecule has 1 aliphatic heterocycles. The highest BCUT2D eigenvalue weighted by atomic mass is 16.2. The van der Waals surface area contributed by atoms with Gasteiger partial charge in [0, 0.05) is 25.6 Å². The van der Waals surface area contributed by atoms with Gasteiger partial charge in [-0.25, -0.2) is 0 Å². The highest BCUT2D eigenvalue weighted by molar-refractivity contribution is 5.76. The van der Waals surface area contributed by atoms with Crippen molar-refractivity contribution in [2.24, 2.45) is 0 Å². The number of carbonyl (C=O) groups is 1. The van der Waals surface area contributed by atoms with Gasteiger partial charge in [-0.1, -0.05) is 12.5 Å². The monoisotopic (exact) mass is 224 g/mol. The van der Waals surface area contributed by atoms with Crippen LogP contribution in [0.2, 0.25) is 0 Å². The highest BCUT2D eigenvalue weighted by Gasteiger charge is 2.18. The molecule has 3 heteroatoms. The summed E-state index contributed by atoms with van der Waals surface area (Å²) in [5.41, 5.74) is 0. The van der Waals surface area contributed by atoms with Crippen LogP contribution in [-0.4, -0.2) is 36.5 Å². The Labute approximate surface area is 98.9 Å².